The van der Waals surface area contributed by atoms with Gasteiger partial charge < -0.3 is 0 Å². The fourth-order valence-corrected chi connectivity index (χ4v) is 16.3. The number of thiophene rings is 1. The highest BCUT2D eigenvalue weighted by Gasteiger charge is 2.38. The summed E-state index contributed by atoms with van der Waals surface area (Å²) in [5, 5.41) is 7.09. The second-order valence-corrected chi connectivity index (χ2v) is 20.2. The molecule has 0 radical (unpaired) electrons. The Balaban J connectivity index is 1.76. The molecule has 0 N–H and O–H groups in total. The number of pyridine rings is 1. The lowest BCUT2D eigenvalue weighted by atomic mass is 9.82. The quantitative estimate of drug-likeness (QED) is 0.167. The monoisotopic (exact) mass is 579 g/mol. The number of aromatic nitrogens is 1. The first-order valence-electron chi connectivity index (χ1n) is 15.7. The summed E-state index contributed by atoms with van der Waals surface area (Å²) in [7, 11) is -1.72. The molecule has 5 aromatic rings. The molecule has 1 nitrogen and oxygen atoms in total. The van der Waals surface area contributed by atoms with Crippen LogP contribution in [-0.4, -0.2) is 13.1 Å². The summed E-state index contributed by atoms with van der Waals surface area (Å²) in [4.78, 5) is 5.04. The Labute approximate surface area is 253 Å². The fraction of sp³-hybridized carbons (Fsp3) is 0.447. The van der Waals surface area contributed by atoms with Crippen molar-refractivity contribution in [1.82, 2.24) is 4.98 Å². The molecule has 41 heavy (non-hydrogen) atoms. The SMILES string of the molecule is Cc1c([Si](CC(C)C)(CC(C)C)CC(C)C)ccc2c1sc1c(-c3cc(C(C)(C)C)c4ccccc4c3)nccc12. The van der Waals surface area contributed by atoms with E-state index < -0.39 is 8.07 Å². The van der Waals surface area contributed by atoms with E-state index in [4.69, 9.17) is 4.98 Å². The third-order valence-corrected chi connectivity index (χ3v) is 16.5. The van der Waals surface area contributed by atoms with Gasteiger partial charge in [-0.15, -0.1) is 11.3 Å². The molecule has 0 bridgehead atoms. The van der Waals surface area contributed by atoms with E-state index in [1.807, 2.05) is 17.5 Å². The van der Waals surface area contributed by atoms with Crippen LogP contribution in [-0.2, 0) is 5.41 Å². The maximum atomic E-state index is 5.04. The molecule has 0 spiro atoms. The maximum Gasteiger partial charge on any atom is 0.0880 e. The third kappa shape index (κ3) is 5.77. The minimum atomic E-state index is -1.72. The van der Waals surface area contributed by atoms with Crippen molar-refractivity contribution in [3.63, 3.8) is 0 Å². The summed E-state index contributed by atoms with van der Waals surface area (Å²) >= 11 is 1.98. The molecule has 3 aromatic carbocycles. The van der Waals surface area contributed by atoms with Crippen molar-refractivity contribution in [1.29, 1.82) is 0 Å². The Morgan fingerprint density at radius 1 is 0.732 bits per heavy atom. The van der Waals surface area contributed by atoms with Crippen LogP contribution in [0.2, 0.25) is 18.1 Å². The van der Waals surface area contributed by atoms with Gasteiger partial charge in [-0.05, 0) is 70.2 Å². The molecule has 0 aliphatic rings. The van der Waals surface area contributed by atoms with Crippen LogP contribution in [0.3, 0.4) is 0 Å². The lowest BCUT2D eigenvalue weighted by Gasteiger charge is -2.38. The summed E-state index contributed by atoms with van der Waals surface area (Å²) in [6.07, 6.45) is 2.02. The summed E-state index contributed by atoms with van der Waals surface area (Å²) in [6, 6.07) is 24.9. The average molecular weight is 580 g/mol. The number of fused-ring (bicyclic) bond motifs is 4. The van der Waals surface area contributed by atoms with Crippen molar-refractivity contribution in [3.8, 4) is 11.3 Å². The third-order valence-electron chi connectivity index (χ3n) is 8.72. The molecule has 2 heterocycles. The number of benzene rings is 3. The van der Waals surface area contributed by atoms with Crippen molar-refractivity contribution in [2.24, 2.45) is 17.8 Å². The van der Waals surface area contributed by atoms with Crippen molar-refractivity contribution in [2.75, 3.05) is 0 Å². The molecule has 216 valence electrons. The Hall–Kier alpha value is -2.49. The van der Waals surface area contributed by atoms with Gasteiger partial charge in [-0.3, -0.25) is 4.98 Å². The van der Waals surface area contributed by atoms with E-state index >= 15 is 0 Å². The van der Waals surface area contributed by atoms with Gasteiger partial charge in [-0.25, -0.2) is 0 Å². The molecule has 5 rings (SSSR count). The second-order valence-electron chi connectivity index (χ2n) is 14.8. The Kier molecular flexibility index (Phi) is 8.26. The molecule has 0 aliphatic carbocycles. The zero-order chi connectivity index (χ0) is 29.7. The highest BCUT2D eigenvalue weighted by Crippen LogP contribution is 2.43. The minimum absolute atomic E-state index is 0.0480. The summed E-state index contributed by atoms with van der Waals surface area (Å²) in [6.45, 7) is 24.0. The van der Waals surface area contributed by atoms with Crippen molar-refractivity contribution < 1.29 is 0 Å². The Bertz CT molecular complexity index is 1670. The van der Waals surface area contributed by atoms with Crippen molar-refractivity contribution >= 4 is 55.5 Å². The lowest BCUT2D eigenvalue weighted by Crippen LogP contribution is -2.51. The lowest BCUT2D eigenvalue weighted by molar-refractivity contribution is 0.596. The van der Waals surface area contributed by atoms with Crippen LogP contribution >= 0.6 is 11.3 Å². The predicted molar refractivity (Wildman–Crippen MR) is 188 cm³/mol. The highest BCUT2D eigenvalue weighted by atomic mass is 32.1. The molecule has 0 saturated heterocycles. The Morgan fingerprint density at radius 2 is 1.34 bits per heavy atom. The molecule has 0 aliphatic heterocycles. The van der Waals surface area contributed by atoms with E-state index in [2.05, 4.69) is 124 Å². The molecule has 3 heteroatoms. The smallest absolute Gasteiger partial charge is 0.0880 e. The number of aryl methyl sites for hydroxylation is 1. The molecule has 0 unspecified atom stereocenters. The van der Waals surface area contributed by atoms with E-state index in [9.17, 15) is 0 Å². The van der Waals surface area contributed by atoms with Gasteiger partial charge in [0.25, 0.3) is 0 Å². The minimum Gasteiger partial charge on any atom is -0.255 e. The van der Waals surface area contributed by atoms with Gasteiger partial charge in [0, 0.05) is 27.2 Å². The second kappa shape index (κ2) is 11.3. The first kappa shape index (κ1) is 30.0. The van der Waals surface area contributed by atoms with Crippen LogP contribution in [0.5, 0.6) is 0 Å². The zero-order valence-corrected chi connectivity index (χ0v) is 28.8. The van der Waals surface area contributed by atoms with Crippen LogP contribution in [0.1, 0.15) is 73.4 Å². The molecular formula is C38H49NSSi. The van der Waals surface area contributed by atoms with Crippen LogP contribution in [0.15, 0.2) is 60.8 Å². The molecule has 0 amide bonds. The topological polar surface area (TPSA) is 12.9 Å². The van der Waals surface area contributed by atoms with Crippen LogP contribution in [0.4, 0.5) is 0 Å². The van der Waals surface area contributed by atoms with E-state index in [1.54, 1.807) is 5.19 Å². The number of nitrogens with zero attached hydrogens (tertiary/aromatic N) is 1. The normalized spacial score (nSPS) is 13.1. The van der Waals surface area contributed by atoms with Crippen LogP contribution < -0.4 is 5.19 Å². The van der Waals surface area contributed by atoms with Gasteiger partial charge in [-0.1, -0.05) is 122 Å². The summed E-state index contributed by atoms with van der Waals surface area (Å²) < 4.78 is 2.79. The van der Waals surface area contributed by atoms with Crippen LogP contribution in [0.25, 0.3) is 42.2 Å². The first-order chi connectivity index (χ1) is 19.3. The van der Waals surface area contributed by atoms with E-state index in [-0.39, 0.29) is 5.41 Å². The standard InChI is InChI=1S/C38H49NSSi/c1-24(2)21-41(22-25(3)4,23-26(5)6)34-16-15-31-32-17-18-39-35(37(32)40-36(31)27(34)7)29-19-28-13-11-12-14-30(28)33(20-29)38(8,9)10/h11-20,24-26H,21-23H2,1-10H3. The van der Waals surface area contributed by atoms with E-state index in [0.29, 0.717) is 0 Å². The summed E-state index contributed by atoms with van der Waals surface area (Å²) in [5.74, 6) is 2.16. The largest absolute Gasteiger partial charge is 0.255 e. The van der Waals surface area contributed by atoms with Gasteiger partial charge in [-0.2, -0.15) is 0 Å². The zero-order valence-electron chi connectivity index (χ0n) is 27.0. The van der Waals surface area contributed by atoms with Gasteiger partial charge in [0.05, 0.1) is 18.5 Å². The van der Waals surface area contributed by atoms with Gasteiger partial charge >= 0.3 is 0 Å². The van der Waals surface area contributed by atoms with Gasteiger partial charge in [0.2, 0.25) is 0 Å². The van der Waals surface area contributed by atoms with Gasteiger partial charge in [0.15, 0.2) is 0 Å². The molecule has 0 atom stereocenters. The maximum absolute atomic E-state index is 5.04. The van der Waals surface area contributed by atoms with Gasteiger partial charge in [0.1, 0.15) is 0 Å². The molecule has 2 aromatic heterocycles. The first-order valence-corrected chi connectivity index (χ1v) is 19.1. The molecule has 0 saturated carbocycles. The highest BCUT2D eigenvalue weighted by molar-refractivity contribution is 7.26. The van der Waals surface area contributed by atoms with Crippen LogP contribution in [0, 0.1) is 24.7 Å². The molecular weight excluding hydrogens is 531 g/mol. The number of hydrogen-bond acceptors (Lipinski definition) is 2. The fourth-order valence-electron chi connectivity index (χ4n) is 7.67. The Morgan fingerprint density at radius 3 is 1.95 bits per heavy atom. The van der Waals surface area contributed by atoms with E-state index in [0.717, 1.165) is 23.4 Å². The van der Waals surface area contributed by atoms with E-state index in [1.165, 1.54) is 65.8 Å². The summed E-state index contributed by atoms with van der Waals surface area (Å²) in [5.41, 5.74) is 5.32. The average Bonchev–Trinajstić information content (AvgIpc) is 3.26. The predicted octanol–water partition coefficient (Wildman–Crippen LogP) is 11.5. The van der Waals surface area contributed by atoms with Crippen molar-refractivity contribution in [3.05, 3.63) is 71.9 Å². The number of hydrogen-bond donors (Lipinski definition) is 0. The van der Waals surface area contributed by atoms with Crippen molar-refractivity contribution in [2.45, 2.75) is 92.8 Å². The molecule has 0 fully saturated rings. The number of rotatable bonds is 8.